The minimum Gasteiger partial charge on any atom is -0.411 e. The second-order valence-electron chi connectivity index (χ2n) is 0.374. The predicted molar refractivity (Wildman–Crippen MR) is 22.7 cm³/mol. The molecule has 0 radical (unpaired) electrons. The van der Waals surface area contributed by atoms with E-state index < -0.39 is 0 Å². The highest BCUT2D eigenvalue weighted by Gasteiger charge is 1.34. The zero-order valence-corrected chi connectivity index (χ0v) is 2.47. The summed E-state index contributed by atoms with van der Waals surface area (Å²) in [5.74, 6) is 0. The smallest absolute Gasteiger partial charge is 0.0404 e. The van der Waals surface area contributed by atoms with Crippen LogP contribution in [0.2, 0.25) is 0 Å². The van der Waals surface area contributed by atoms with E-state index in [1.165, 1.54) is 6.21 Å². The van der Waals surface area contributed by atoms with Gasteiger partial charge in [-0.3, -0.25) is 0 Å². The Bertz CT molecular complexity index is 22.1. The summed E-state index contributed by atoms with van der Waals surface area (Å²) >= 11 is 0. The maximum Gasteiger partial charge on any atom is 0.0404 e. The second-order valence-corrected chi connectivity index (χ2v) is 0.374. The van der Waals surface area contributed by atoms with Crippen LogP contribution in [0.1, 0.15) is 14.4 Å². The first-order valence-corrected chi connectivity index (χ1v) is 1.04. The Morgan fingerprint density at radius 2 is 2.00 bits per heavy atom. The minimum atomic E-state index is 0. The van der Waals surface area contributed by atoms with Gasteiger partial charge < -0.3 is 5.21 Å². The molecule has 2 nitrogen and oxygen atoms in total. The Balaban J connectivity index is 0. The van der Waals surface area contributed by atoms with E-state index in [-0.39, 0.29) is 7.43 Å². The van der Waals surface area contributed by atoms with Gasteiger partial charge in [0.2, 0.25) is 0 Å². The van der Waals surface area contributed by atoms with E-state index in [2.05, 4.69) is 5.16 Å². The van der Waals surface area contributed by atoms with Crippen LogP contribution in [0.5, 0.6) is 0 Å². The number of nitrogens with zero attached hydrogens (tertiary/aromatic N) is 1. The van der Waals surface area contributed by atoms with Crippen molar-refractivity contribution in [3.05, 3.63) is 0 Å². The van der Waals surface area contributed by atoms with Crippen LogP contribution >= 0.6 is 0 Å². The fourth-order valence-electron chi connectivity index (χ4n) is 0. The van der Waals surface area contributed by atoms with Crippen molar-refractivity contribution in [2.24, 2.45) is 5.16 Å². The highest BCUT2D eigenvalue weighted by atomic mass is 16.4. The lowest BCUT2D eigenvalue weighted by Gasteiger charge is -1.54. The van der Waals surface area contributed by atoms with E-state index in [1.54, 1.807) is 6.92 Å². The summed E-state index contributed by atoms with van der Waals surface area (Å²) in [5, 5.41) is 10.1. The molecule has 5 heavy (non-hydrogen) atoms. The molecule has 0 saturated heterocycles. The highest BCUT2D eigenvalue weighted by Crippen LogP contribution is 1.38. The lowest BCUT2D eigenvalue weighted by molar-refractivity contribution is 0.321. The highest BCUT2D eigenvalue weighted by molar-refractivity contribution is 5.51. The van der Waals surface area contributed by atoms with Crippen molar-refractivity contribution >= 4 is 6.21 Å². The van der Waals surface area contributed by atoms with Crippen molar-refractivity contribution in [3.63, 3.8) is 0 Å². The molecule has 0 aliphatic heterocycles. The summed E-state index contributed by atoms with van der Waals surface area (Å²) in [6.45, 7) is 1.64. The van der Waals surface area contributed by atoms with Gasteiger partial charge in [0.1, 0.15) is 0 Å². The van der Waals surface area contributed by atoms with E-state index in [4.69, 9.17) is 5.21 Å². The van der Waals surface area contributed by atoms with Crippen molar-refractivity contribution < 1.29 is 5.21 Å². The Hall–Kier alpha value is -0.530. The van der Waals surface area contributed by atoms with Crippen LogP contribution < -0.4 is 0 Å². The molecule has 0 rings (SSSR count). The average Bonchev–Trinajstić information content (AvgIpc) is 1.37. The predicted octanol–water partition coefficient (Wildman–Crippen LogP) is 1.10. The molecular weight excluding hydrogens is 66.0 g/mol. The molecule has 0 fully saturated rings. The van der Waals surface area contributed by atoms with Crippen molar-refractivity contribution in [1.82, 2.24) is 0 Å². The fourth-order valence-corrected chi connectivity index (χ4v) is 0. The summed E-state index contributed by atoms with van der Waals surface area (Å²) in [6.07, 6.45) is 1.31. The molecule has 0 spiro atoms. The van der Waals surface area contributed by atoms with Crippen LogP contribution in [-0.4, -0.2) is 11.4 Å². The van der Waals surface area contributed by atoms with Gasteiger partial charge in [0.25, 0.3) is 0 Å². The second kappa shape index (κ2) is 9.80. The van der Waals surface area contributed by atoms with Gasteiger partial charge in [0.15, 0.2) is 0 Å². The van der Waals surface area contributed by atoms with Gasteiger partial charge in [0, 0.05) is 6.21 Å². The summed E-state index contributed by atoms with van der Waals surface area (Å²) in [7, 11) is 0. The molecule has 0 unspecified atom stereocenters. The molecule has 0 aliphatic rings. The normalized spacial score (nSPS) is 7.40. The van der Waals surface area contributed by atoms with Gasteiger partial charge >= 0.3 is 0 Å². The molecule has 0 atom stereocenters. The third kappa shape index (κ3) is 33.9. The molecule has 1 N–H and O–H groups in total. The lowest BCUT2D eigenvalue weighted by atomic mass is 10.9. The van der Waals surface area contributed by atoms with Crippen LogP contribution in [0.15, 0.2) is 5.16 Å². The van der Waals surface area contributed by atoms with Gasteiger partial charge in [-0.05, 0) is 6.92 Å². The van der Waals surface area contributed by atoms with Crippen LogP contribution in [0.25, 0.3) is 0 Å². The largest absolute Gasteiger partial charge is 0.411 e. The van der Waals surface area contributed by atoms with Crippen molar-refractivity contribution in [3.8, 4) is 0 Å². The SMILES string of the molecule is C.C/C=N\O. The summed E-state index contributed by atoms with van der Waals surface area (Å²) < 4.78 is 0. The molecular formula is C3H9NO. The topological polar surface area (TPSA) is 32.6 Å². The monoisotopic (exact) mass is 75.1 g/mol. The van der Waals surface area contributed by atoms with Gasteiger partial charge in [-0.1, -0.05) is 7.43 Å². The van der Waals surface area contributed by atoms with E-state index >= 15 is 0 Å². The summed E-state index contributed by atoms with van der Waals surface area (Å²) in [4.78, 5) is 0. The first-order valence-electron chi connectivity index (χ1n) is 1.04. The van der Waals surface area contributed by atoms with E-state index in [0.717, 1.165) is 0 Å². The number of oxime groups is 1. The van der Waals surface area contributed by atoms with Gasteiger partial charge in [-0.2, -0.15) is 0 Å². The fraction of sp³-hybridized carbons (Fsp3) is 0.667. The molecule has 0 amide bonds. The Morgan fingerprint density at radius 3 is 2.00 bits per heavy atom. The number of rotatable bonds is 0. The van der Waals surface area contributed by atoms with Crippen molar-refractivity contribution in [2.75, 3.05) is 0 Å². The zero-order valence-electron chi connectivity index (χ0n) is 2.47. The Kier molecular flexibility index (Phi) is 17.3. The Labute approximate surface area is 32.1 Å². The van der Waals surface area contributed by atoms with Crippen LogP contribution in [0.4, 0.5) is 0 Å². The first kappa shape index (κ1) is 8.82. The van der Waals surface area contributed by atoms with E-state index in [0.29, 0.717) is 0 Å². The number of hydrogen-bond acceptors (Lipinski definition) is 2. The standard InChI is InChI=1S/C2H5NO.CH4/c1-2-3-4;/h2,4H,1H3;1H4/b3-2-;. The van der Waals surface area contributed by atoms with Crippen molar-refractivity contribution in [2.45, 2.75) is 14.4 Å². The Morgan fingerprint density at radius 1 is 1.80 bits per heavy atom. The molecule has 2 heteroatoms. The molecule has 0 aromatic carbocycles. The zero-order chi connectivity index (χ0) is 3.41. The first-order chi connectivity index (χ1) is 1.91. The van der Waals surface area contributed by atoms with E-state index in [9.17, 15) is 0 Å². The molecule has 0 heterocycles. The molecule has 32 valence electrons. The summed E-state index contributed by atoms with van der Waals surface area (Å²) in [5.41, 5.74) is 0. The molecule has 0 aliphatic carbocycles. The van der Waals surface area contributed by atoms with Crippen LogP contribution in [-0.2, 0) is 0 Å². The third-order valence-electron chi connectivity index (χ3n) is 0.115. The van der Waals surface area contributed by atoms with E-state index in [1.807, 2.05) is 0 Å². The molecule has 0 aromatic rings. The van der Waals surface area contributed by atoms with Crippen LogP contribution in [0, 0.1) is 0 Å². The number of hydrogen-bond donors (Lipinski definition) is 1. The summed E-state index contributed by atoms with van der Waals surface area (Å²) in [6, 6.07) is 0. The molecule has 0 aromatic heterocycles. The maximum absolute atomic E-state index is 7.44. The molecule has 0 bridgehead atoms. The maximum atomic E-state index is 7.44. The van der Waals surface area contributed by atoms with Gasteiger partial charge in [-0.25, -0.2) is 0 Å². The third-order valence-corrected chi connectivity index (χ3v) is 0.115. The van der Waals surface area contributed by atoms with Crippen LogP contribution in [0.3, 0.4) is 0 Å². The average molecular weight is 75.1 g/mol. The van der Waals surface area contributed by atoms with Crippen molar-refractivity contribution in [1.29, 1.82) is 0 Å². The quantitative estimate of drug-likeness (QED) is 0.261. The minimum absolute atomic E-state index is 0. The molecule has 0 saturated carbocycles. The lowest BCUT2D eigenvalue weighted by Crippen LogP contribution is -1.49. The van der Waals surface area contributed by atoms with Gasteiger partial charge in [0.05, 0.1) is 0 Å². The van der Waals surface area contributed by atoms with Gasteiger partial charge in [-0.15, -0.1) is 5.16 Å².